The predicted molar refractivity (Wildman–Crippen MR) is 71.0 cm³/mol. The molecule has 0 aliphatic heterocycles. The zero-order valence-electron chi connectivity index (χ0n) is 8.71. The molecule has 1 fully saturated rings. The second-order valence-corrected chi connectivity index (χ2v) is 5.31. The van der Waals surface area contributed by atoms with Crippen molar-refractivity contribution in [1.29, 1.82) is 0 Å². The van der Waals surface area contributed by atoms with Crippen LogP contribution in [0.5, 0.6) is 5.75 Å². The predicted octanol–water partition coefficient (Wildman–Crippen LogP) is 3.44. The number of rotatable bonds is 3. The van der Waals surface area contributed by atoms with Crippen LogP contribution in [0.4, 0.5) is 5.69 Å². The number of hydrogen-bond acceptors (Lipinski definition) is 2. The highest BCUT2D eigenvalue weighted by atomic mass is 127. The summed E-state index contributed by atoms with van der Waals surface area (Å²) in [5, 5.41) is 0. The van der Waals surface area contributed by atoms with Crippen LogP contribution in [0.1, 0.15) is 25.7 Å². The van der Waals surface area contributed by atoms with Crippen molar-refractivity contribution >= 4 is 28.3 Å². The van der Waals surface area contributed by atoms with Gasteiger partial charge in [-0.25, -0.2) is 0 Å². The molecule has 1 aliphatic carbocycles. The van der Waals surface area contributed by atoms with Crippen LogP contribution < -0.4 is 10.5 Å². The third kappa shape index (κ3) is 3.00. The first-order valence-electron chi connectivity index (χ1n) is 5.43. The van der Waals surface area contributed by atoms with Gasteiger partial charge in [0.05, 0.1) is 10.2 Å². The molecule has 15 heavy (non-hydrogen) atoms. The summed E-state index contributed by atoms with van der Waals surface area (Å²) >= 11 is 2.27. The highest BCUT2D eigenvalue weighted by Crippen LogP contribution is 2.28. The first-order valence-corrected chi connectivity index (χ1v) is 6.51. The lowest BCUT2D eigenvalue weighted by Gasteiger charge is -2.12. The molecule has 0 radical (unpaired) electrons. The third-order valence-corrected chi connectivity index (χ3v) is 3.75. The molecule has 2 N–H and O–H groups in total. The first-order chi connectivity index (χ1) is 7.25. The van der Waals surface area contributed by atoms with Gasteiger partial charge in [-0.15, -0.1) is 0 Å². The highest BCUT2D eigenvalue weighted by molar-refractivity contribution is 14.1. The molecule has 82 valence electrons. The van der Waals surface area contributed by atoms with Crippen LogP contribution in [0.25, 0.3) is 0 Å². The largest absolute Gasteiger partial charge is 0.492 e. The molecule has 2 rings (SSSR count). The van der Waals surface area contributed by atoms with Crippen molar-refractivity contribution in [3.63, 3.8) is 0 Å². The summed E-state index contributed by atoms with van der Waals surface area (Å²) in [5.41, 5.74) is 6.48. The monoisotopic (exact) mass is 317 g/mol. The molecule has 0 saturated heterocycles. The highest BCUT2D eigenvalue weighted by Gasteiger charge is 2.15. The molecule has 1 aromatic carbocycles. The Kier molecular flexibility index (Phi) is 3.72. The summed E-state index contributed by atoms with van der Waals surface area (Å²) < 4.78 is 6.92. The number of nitrogens with two attached hydrogens (primary N) is 1. The topological polar surface area (TPSA) is 35.2 Å². The maximum atomic E-state index is 5.81. The number of anilines is 1. The molecule has 1 aliphatic rings. The summed E-state index contributed by atoms with van der Waals surface area (Å²) in [6, 6.07) is 5.81. The maximum absolute atomic E-state index is 5.81. The molecule has 0 aromatic heterocycles. The van der Waals surface area contributed by atoms with Gasteiger partial charge in [0, 0.05) is 5.69 Å². The quantitative estimate of drug-likeness (QED) is 0.685. The average molecular weight is 317 g/mol. The van der Waals surface area contributed by atoms with Crippen LogP contribution in [-0.2, 0) is 0 Å². The summed E-state index contributed by atoms with van der Waals surface area (Å²) in [4.78, 5) is 0. The normalized spacial score (nSPS) is 16.9. The fourth-order valence-electron chi connectivity index (χ4n) is 2.02. The fourth-order valence-corrected chi connectivity index (χ4v) is 2.71. The van der Waals surface area contributed by atoms with Gasteiger partial charge in [0.2, 0.25) is 0 Å². The Labute approximate surface area is 104 Å². The molecular formula is C12H16INO. The van der Waals surface area contributed by atoms with Crippen LogP contribution in [0.15, 0.2) is 18.2 Å². The zero-order chi connectivity index (χ0) is 10.7. The van der Waals surface area contributed by atoms with Crippen molar-refractivity contribution in [3.8, 4) is 5.75 Å². The van der Waals surface area contributed by atoms with Gasteiger partial charge >= 0.3 is 0 Å². The molecule has 1 aromatic rings. The van der Waals surface area contributed by atoms with Crippen LogP contribution in [0.3, 0.4) is 0 Å². The van der Waals surface area contributed by atoms with E-state index in [2.05, 4.69) is 22.6 Å². The fraction of sp³-hybridized carbons (Fsp3) is 0.500. The van der Waals surface area contributed by atoms with Crippen LogP contribution in [0, 0.1) is 9.49 Å². The second-order valence-electron chi connectivity index (χ2n) is 4.15. The molecule has 0 atom stereocenters. The number of ether oxygens (including phenoxy) is 1. The van der Waals surface area contributed by atoms with Gasteiger partial charge in [-0.2, -0.15) is 0 Å². The third-order valence-electron chi connectivity index (χ3n) is 2.91. The smallest absolute Gasteiger partial charge is 0.132 e. The van der Waals surface area contributed by atoms with E-state index in [1.807, 2.05) is 18.2 Å². The number of nitrogen functional groups attached to an aromatic ring is 1. The Morgan fingerprint density at radius 3 is 2.73 bits per heavy atom. The summed E-state index contributed by atoms with van der Waals surface area (Å²) in [5.74, 6) is 1.73. The van der Waals surface area contributed by atoms with Crippen molar-refractivity contribution in [1.82, 2.24) is 0 Å². The molecule has 0 unspecified atom stereocenters. The molecule has 0 spiro atoms. The van der Waals surface area contributed by atoms with Gasteiger partial charge in [-0.05, 0) is 59.5 Å². The Morgan fingerprint density at radius 1 is 1.33 bits per heavy atom. The summed E-state index contributed by atoms with van der Waals surface area (Å²) in [6.45, 7) is 0.861. The van der Waals surface area contributed by atoms with E-state index in [-0.39, 0.29) is 0 Å². The summed E-state index contributed by atoms with van der Waals surface area (Å²) in [7, 11) is 0. The van der Waals surface area contributed by atoms with E-state index in [1.54, 1.807) is 0 Å². The molecule has 3 heteroatoms. The minimum Gasteiger partial charge on any atom is -0.492 e. The Hall–Kier alpha value is -0.450. The van der Waals surface area contributed by atoms with Crippen molar-refractivity contribution in [2.45, 2.75) is 25.7 Å². The lowest BCUT2D eigenvalue weighted by atomic mass is 10.1. The van der Waals surface area contributed by atoms with Crippen LogP contribution in [-0.4, -0.2) is 6.61 Å². The van der Waals surface area contributed by atoms with E-state index < -0.39 is 0 Å². The standard InChI is InChI=1S/C12H16INO/c13-11-7-10(14)5-6-12(11)15-8-9-3-1-2-4-9/h5-7,9H,1-4,8,14H2. The minimum absolute atomic E-state index is 0.762. The Bertz CT molecular complexity index is 334. The van der Waals surface area contributed by atoms with E-state index in [0.29, 0.717) is 0 Å². The van der Waals surface area contributed by atoms with Gasteiger partial charge in [0.25, 0.3) is 0 Å². The molecule has 0 bridgehead atoms. The summed E-state index contributed by atoms with van der Waals surface area (Å²) in [6.07, 6.45) is 5.39. The van der Waals surface area contributed by atoms with Crippen molar-refractivity contribution in [2.24, 2.45) is 5.92 Å². The molecular weight excluding hydrogens is 301 g/mol. The minimum atomic E-state index is 0.762. The number of hydrogen-bond donors (Lipinski definition) is 1. The van der Waals surface area contributed by atoms with Gasteiger partial charge < -0.3 is 10.5 Å². The second kappa shape index (κ2) is 5.05. The van der Waals surface area contributed by atoms with E-state index >= 15 is 0 Å². The van der Waals surface area contributed by atoms with Gasteiger partial charge in [-0.3, -0.25) is 0 Å². The lowest BCUT2D eigenvalue weighted by molar-refractivity contribution is 0.250. The maximum Gasteiger partial charge on any atom is 0.132 e. The van der Waals surface area contributed by atoms with E-state index in [9.17, 15) is 0 Å². The van der Waals surface area contributed by atoms with Gasteiger partial charge in [0.15, 0.2) is 0 Å². The van der Waals surface area contributed by atoms with Crippen molar-refractivity contribution in [2.75, 3.05) is 12.3 Å². The number of benzene rings is 1. The zero-order valence-corrected chi connectivity index (χ0v) is 10.9. The van der Waals surface area contributed by atoms with E-state index in [1.165, 1.54) is 25.7 Å². The van der Waals surface area contributed by atoms with Crippen LogP contribution >= 0.6 is 22.6 Å². The van der Waals surface area contributed by atoms with E-state index in [0.717, 1.165) is 27.5 Å². The van der Waals surface area contributed by atoms with E-state index in [4.69, 9.17) is 10.5 Å². The Balaban J connectivity index is 1.92. The lowest BCUT2D eigenvalue weighted by Crippen LogP contribution is -2.08. The molecule has 1 saturated carbocycles. The van der Waals surface area contributed by atoms with Gasteiger partial charge in [-0.1, -0.05) is 12.8 Å². The number of halogens is 1. The van der Waals surface area contributed by atoms with Crippen LogP contribution in [0.2, 0.25) is 0 Å². The van der Waals surface area contributed by atoms with Gasteiger partial charge in [0.1, 0.15) is 5.75 Å². The molecule has 2 nitrogen and oxygen atoms in total. The van der Waals surface area contributed by atoms with Crippen molar-refractivity contribution < 1.29 is 4.74 Å². The first kappa shape index (κ1) is 11.0. The molecule has 0 amide bonds. The Morgan fingerprint density at radius 2 is 2.07 bits per heavy atom. The van der Waals surface area contributed by atoms with Crippen molar-refractivity contribution in [3.05, 3.63) is 21.8 Å². The molecule has 0 heterocycles. The average Bonchev–Trinajstić information content (AvgIpc) is 2.69. The SMILES string of the molecule is Nc1ccc(OCC2CCCC2)c(I)c1.